The van der Waals surface area contributed by atoms with E-state index in [4.69, 9.17) is 0 Å². The van der Waals surface area contributed by atoms with Gasteiger partial charge in [-0.05, 0) is 26.3 Å². The first kappa shape index (κ1) is 12.0. The highest BCUT2D eigenvalue weighted by Gasteiger charge is 2.27. The lowest BCUT2D eigenvalue weighted by Gasteiger charge is -2.19. The van der Waals surface area contributed by atoms with Crippen LogP contribution in [0.25, 0.3) is 0 Å². The van der Waals surface area contributed by atoms with Crippen molar-refractivity contribution >= 4 is 22.6 Å². The summed E-state index contributed by atoms with van der Waals surface area (Å²) in [4.78, 5) is 0. The van der Waals surface area contributed by atoms with Gasteiger partial charge in [0.05, 0.1) is 14.8 Å². The molecule has 0 aliphatic carbocycles. The standard InChI is InChI=1S/C11H19IN2/c1-7-8(10(2,3)4)13-14-9(7)11(5,6)12/h1-6H3,(H,13,14). The van der Waals surface area contributed by atoms with E-state index in [0.717, 1.165) is 0 Å². The number of aromatic amines is 1. The summed E-state index contributed by atoms with van der Waals surface area (Å²) in [5, 5.41) is 7.59. The normalized spacial score (nSPS) is 13.4. The van der Waals surface area contributed by atoms with Gasteiger partial charge in [-0.25, -0.2) is 0 Å². The molecule has 0 radical (unpaired) electrons. The van der Waals surface area contributed by atoms with Gasteiger partial charge in [0.1, 0.15) is 0 Å². The molecular weight excluding hydrogens is 287 g/mol. The monoisotopic (exact) mass is 306 g/mol. The van der Waals surface area contributed by atoms with Gasteiger partial charge >= 0.3 is 0 Å². The number of H-pyrrole nitrogens is 1. The number of rotatable bonds is 1. The molecule has 1 rings (SSSR count). The van der Waals surface area contributed by atoms with Gasteiger partial charge < -0.3 is 0 Å². The molecule has 3 heteroatoms. The molecule has 0 bridgehead atoms. The second kappa shape index (κ2) is 3.51. The predicted molar refractivity (Wildman–Crippen MR) is 69.1 cm³/mol. The molecule has 1 aromatic heterocycles. The molecular formula is C11H19IN2. The maximum absolute atomic E-state index is 4.42. The number of halogens is 1. The van der Waals surface area contributed by atoms with Gasteiger partial charge in [0.15, 0.2) is 0 Å². The van der Waals surface area contributed by atoms with Crippen molar-refractivity contribution in [3.63, 3.8) is 0 Å². The van der Waals surface area contributed by atoms with E-state index in [1.807, 2.05) is 0 Å². The van der Waals surface area contributed by atoms with E-state index in [-0.39, 0.29) is 8.84 Å². The Balaban J connectivity index is 3.23. The van der Waals surface area contributed by atoms with Crippen molar-refractivity contribution in [2.24, 2.45) is 0 Å². The zero-order chi connectivity index (χ0) is 11.1. The Kier molecular flexibility index (Phi) is 3.01. The number of alkyl halides is 1. The second-order valence-electron chi connectivity index (χ2n) is 5.29. The van der Waals surface area contributed by atoms with E-state index in [9.17, 15) is 0 Å². The van der Waals surface area contributed by atoms with Gasteiger partial charge in [0.2, 0.25) is 0 Å². The third-order valence-corrected chi connectivity index (χ3v) is 2.85. The van der Waals surface area contributed by atoms with Crippen LogP contribution in [-0.4, -0.2) is 10.2 Å². The molecule has 0 fully saturated rings. The molecule has 0 amide bonds. The third-order valence-electron chi connectivity index (χ3n) is 2.31. The Labute approximate surface area is 100 Å². The summed E-state index contributed by atoms with van der Waals surface area (Å²) < 4.78 is 0.123. The molecule has 0 saturated carbocycles. The van der Waals surface area contributed by atoms with Crippen LogP contribution in [0.5, 0.6) is 0 Å². The molecule has 0 saturated heterocycles. The number of nitrogens with one attached hydrogen (secondary N) is 1. The van der Waals surface area contributed by atoms with Gasteiger partial charge in [-0.15, -0.1) is 0 Å². The fourth-order valence-electron chi connectivity index (χ4n) is 1.71. The lowest BCUT2D eigenvalue weighted by molar-refractivity contribution is 0.563. The molecule has 0 unspecified atom stereocenters. The van der Waals surface area contributed by atoms with Crippen molar-refractivity contribution in [1.82, 2.24) is 10.2 Å². The molecule has 1 heterocycles. The summed E-state index contributed by atoms with van der Waals surface area (Å²) >= 11 is 2.44. The number of hydrogen-bond donors (Lipinski definition) is 1. The van der Waals surface area contributed by atoms with Crippen LogP contribution in [0.2, 0.25) is 0 Å². The Morgan fingerprint density at radius 3 is 1.86 bits per heavy atom. The van der Waals surface area contributed by atoms with Crippen LogP contribution in [0.1, 0.15) is 51.6 Å². The summed E-state index contributed by atoms with van der Waals surface area (Å²) in [6.07, 6.45) is 0. The molecule has 14 heavy (non-hydrogen) atoms. The van der Waals surface area contributed by atoms with E-state index in [1.165, 1.54) is 17.0 Å². The maximum atomic E-state index is 4.42. The molecule has 1 N–H and O–H groups in total. The van der Waals surface area contributed by atoms with E-state index in [2.05, 4.69) is 74.3 Å². The molecule has 2 nitrogen and oxygen atoms in total. The van der Waals surface area contributed by atoms with Crippen LogP contribution in [0.15, 0.2) is 0 Å². The van der Waals surface area contributed by atoms with E-state index in [1.54, 1.807) is 0 Å². The minimum Gasteiger partial charge on any atom is -0.281 e. The minimum atomic E-state index is 0.123. The SMILES string of the molecule is Cc1c(C(C)(C)C)n[nH]c1C(C)(C)I. The van der Waals surface area contributed by atoms with Crippen LogP contribution >= 0.6 is 22.6 Å². The third kappa shape index (κ3) is 2.30. The first-order chi connectivity index (χ1) is 6.14. The largest absolute Gasteiger partial charge is 0.281 e. The number of nitrogens with zero attached hydrogens (tertiary/aromatic N) is 1. The van der Waals surface area contributed by atoms with Crippen LogP contribution in [0.3, 0.4) is 0 Å². The highest BCUT2D eigenvalue weighted by Crippen LogP contribution is 2.35. The Bertz CT molecular complexity index is 295. The number of hydrogen-bond acceptors (Lipinski definition) is 1. The first-order valence-electron chi connectivity index (χ1n) is 4.89. The fourth-order valence-corrected chi connectivity index (χ4v) is 2.23. The molecule has 0 atom stereocenters. The lowest BCUT2D eigenvalue weighted by atomic mass is 9.88. The average molecular weight is 306 g/mol. The van der Waals surface area contributed by atoms with Gasteiger partial charge in [-0.1, -0.05) is 43.4 Å². The highest BCUT2D eigenvalue weighted by molar-refractivity contribution is 14.1. The van der Waals surface area contributed by atoms with E-state index in [0.29, 0.717) is 0 Å². The fraction of sp³-hybridized carbons (Fsp3) is 0.727. The van der Waals surface area contributed by atoms with E-state index >= 15 is 0 Å². The quantitative estimate of drug-likeness (QED) is 0.622. The Hall–Kier alpha value is -0.0600. The molecule has 0 aliphatic rings. The average Bonchev–Trinajstić information content (AvgIpc) is 2.26. The highest BCUT2D eigenvalue weighted by atomic mass is 127. The van der Waals surface area contributed by atoms with Crippen molar-refractivity contribution in [1.29, 1.82) is 0 Å². The van der Waals surface area contributed by atoms with Crippen molar-refractivity contribution in [2.45, 2.75) is 50.4 Å². The molecule has 0 aromatic carbocycles. The number of aromatic nitrogens is 2. The lowest BCUT2D eigenvalue weighted by Crippen LogP contribution is -2.14. The molecule has 80 valence electrons. The Morgan fingerprint density at radius 2 is 1.64 bits per heavy atom. The zero-order valence-electron chi connectivity index (χ0n) is 9.83. The maximum Gasteiger partial charge on any atom is 0.0707 e. The predicted octanol–water partition coefficient (Wildman–Crippen LogP) is 3.69. The van der Waals surface area contributed by atoms with Gasteiger partial charge in [0, 0.05) is 5.41 Å². The van der Waals surface area contributed by atoms with Crippen LogP contribution < -0.4 is 0 Å². The minimum absolute atomic E-state index is 0.123. The molecule has 1 aromatic rings. The summed E-state index contributed by atoms with van der Waals surface area (Å²) in [7, 11) is 0. The smallest absolute Gasteiger partial charge is 0.0707 e. The van der Waals surface area contributed by atoms with Gasteiger partial charge in [-0.3, -0.25) is 5.10 Å². The van der Waals surface area contributed by atoms with Crippen LogP contribution in [-0.2, 0) is 8.84 Å². The molecule has 0 spiro atoms. The summed E-state index contributed by atoms with van der Waals surface area (Å²) in [5.41, 5.74) is 3.85. The van der Waals surface area contributed by atoms with Crippen molar-refractivity contribution in [3.8, 4) is 0 Å². The summed E-state index contributed by atoms with van der Waals surface area (Å²) in [6, 6.07) is 0. The van der Waals surface area contributed by atoms with Crippen molar-refractivity contribution < 1.29 is 0 Å². The zero-order valence-corrected chi connectivity index (χ0v) is 12.0. The molecule has 0 aliphatic heterocycles. The van der Waals surface area contributed by atoms with Crippen LogP contribution in [0, 0.1) is 6.92 Å². The van der Waals surface area contributed by atoms with E-state index < -0.39 is 0 Å². The van der Waals surface area contributed by atoms with Crippen molar-refractivity contribution in [2.75, 3.05) is 0 Å². The van der Waals surface area contributed by atoms with Crippen LogP contribution in [0.4, 0.5) is 0 Å². The van der Waals surface area contributed by atoms with Gasteiger partial charge in [0.25, 0.3) is 0 Å². The van der Waals surface area contributed by atoms with Gasteiger partial charge in [-0.2, -0.15) is 5.10 Å². The van der Waals surface area contributed by atoms with Crippen molar-refractivity contribution in [3.05, 3.63) is 17.0 Å². The Morgan fingerprint density at radius 1 is 1.14 bits per heavy atom. The second-order valence-corrected chi connectivity index (χ2v) is 7.99. The topological polar surface area (TPSA) is 28.7 Å². The summed E-state index contributed by atoms with van der Waals surface area (Å²) in [6.45, 7) is 13.1. The summed E-state index contributed by atoms with van der Waals surface area (Å²) in [5.74, 6) is 0. The first-order valence-corrected chi connectivity index (χ1v) is 5.96.